The second-order valence-corrected chi connectivity index (χ2v) is 17.1. The molecule has 42 heavy (non-hydrogen) atoms. The molecule has 2 saturated heterocycles. The summed E-state index contributed by atoms with van der Waals surface area (Å²) in [5, 5.41) is 11.4. The molecule has 0 radical (unpaired) electrons. The lowest BCUT2D eigenvalue weighted by Gasteiger charge is -2.37. The Labute approximate surface area is 249 Å². The molecule has 7 nitrogen and oxygen atoms in total. The Morgan fingerprint density at radius 3 is 2.43 bits per heavy atom. The summed E-state index contributed by atoms with van der Waals surface area (Å²) in [5.74, 6) is 0.695. The van der Waals surface area contributed by atoms with Crippen molar-refractivity contribution in [1.82, 2.24) is 0 Å². The Bertz CT molecular complexity index is 1480. The van der Waals surface area contributed by atoms with Crippen LogP contribution in [0.3, 0.4) is 0 Å². The van der Waals surface area contributed by atoms with Gasteiger partial charge in [0.1, 0.15) is 5.75 Å². The van der Waals surface area contributed by atoms with Crippen molar-refractivity contribution in [2.24, 2.45) is 5.92 Å². The van der Waals surface area contributed by atoms with Crippen molar-refractivity contribution < 1.29 is 24.2 Å². The number of amides is 2. The van der Waals surface area contributed by atoms with Gasteiger partial charge in [-0.25, -0.2) is 0 Å². The van der Waals surface area contributed by atoms with Crippen molar-refractivity contribution in [3.05, 3.63) is 83.9 Å². The molecule has 3 aliphatic heterocycles. The lowest BCUT2D eigenvalue weighted by Crippen LogP contribution is -2.51. The summed E-state index contributed by atoms with van der Waals surface area (Å²) in [7, 11) is -0.597. The van der Waals surface area contributed by atoms with E-state index in [-0.39, 0.29) is 36.0 Å². The topological polar surface area (TPSA) is 79.3 Å². The van der Waals surface area contributed by atoms with Crippen LogP contribution in [0.5, 0.6) is 5.75 Å². The zero-order valence-corrected chi connectivity index (χ0v) is 25.9. The Balaban J connectivity index is 1.48. The highest BCUT2D eigenvalue weighted by atomic mass is 28.3. The third kappa shape index (κ3) is 4.48. The molecule has 0 bridgehead atoms. The number of hydrogen-bond acceptors (Lipinski definition) is 5. The number of aliphatic hydroxyl groups is 1. The minimum Gasteiger partial charge on any atom is -0.497 e. The van der Waals surface area contributed by atoms with E-state index >= 15 is 0 Å². The molecule has 3 aliphatic rings. The summed E-state index contributed by atoms with van der Waals surface area (Å²) in [6.45, 7) is 7.92. The largest absolute Gasteiger partial charge is 0.497 e. The summed E-state index contributed by atoms with van der Waals surface area (Å²) in [6, 6.07) is 24.3. The number of hydrogen-bond donors (Lipinski definition) is 1. The van der Waals surface area contributed by atoms with Crippen molar-refractivity contribution in [3.63, 3.8) is 0 Å². The van der Waals surface area contributed by atoms with E-state index in [4.69, 9.17) is 9.47 Å². The van der Waals surface area contributed by atoms with E-state index in [1.165, 1.54) is 5.19 Å². The van der Waals surface area contributed by atoms with Gasteiger partial charge in [-0.15, -0.1) is 0 Å². The summed E-state index contributed by atoms with van der Waals surface area (Å²) >= 11 is 0. The van der Waals surface area contributed by atoms with Crippen LogP contribution in [0, 0.1) is 5.92 Å². The van der Waals surface area contributed by atoms with Gasteiger partial charge in [0.2, 0.25) is 5.91 Å². The third-order valence-electron chi connectivity index (χ3n) is 9.80. The molecule has 220 valence electrons. The highest BCUT2D eigenvalue weighted by molar-refractivity contribution is 6.91. The summed E-state index contributed by atoms with van der Waals surface area (Å²) < 4.78 is 12.5. The SMILES string of the molecule is COc1ccc([Si](C)(C)[C@@H]2[C@@H](CCO)O[C@]3(C(=O)N(Cc4ccccc4)c4ccc(N5CCCC5=O)cc43)[C@H]2C)cc1. The van der Waals surface area contributed by atoms with Gasteiger partial charge in [0, 0.05) is 36.7 Å². The van der Waals surface area contributed by atoms with E-state index in [2.05, 4.69) is 32.2 Å². The van der Waals surface area contributed by atoms with Gasteiger partial charge in [-0.1, -0.05) is 67.7 Å². The van der Waals surface area contributed by atoms with Gasteiger partial charge in [0.05, 0.1) is 33.5 Å². The molecule has 8 heteroatoms. The van der Waals surface area contributed by atoms with Crippen molar-refractivity contribution in [2.45, 2.75) is 63.1 Å². The maximum absolute atomic E-state index is 14.8. The van der Waals surface area contributed by atoms with Crippen molar-refractivity contribution in [1.29, 1.82) is 0 Å². The first-order valence-electron chi connectivity index (χ1n) is 15.0. The molecule has 3 heterocycles. The Morgan fingerprint density at radius 1 is 1.05 bits per heavy atom. The maximum Gasteiger partial charge on any atom is 0.264 e. The van der Waals surface area contributed by atoms with Crippen LogP contribution in [0.4, 0.5) is 11.4 Å². The number of nitrogens with zero attached hydrogens (tertiary/aromatic N) is 2. The van der Waals surface area contributed by atoms with Crippen LogP contribution < -0.4 is 19.7 Å². The monoisotopic (exact) mass is 584 g/mol. The zero-order valence-electron chi connectivity index (χ0n) is 24.9. The number of ether oxygens (including phenoxy) is 2. The van der Waals surface area contributed by atoms with Gasteiger partial charge in [0.15, 0.2) is 5.60 Å². The predicted molar refractivity (Wildman–Crippen MR) is 167 cm³/mol. The molecule has 2 amide bonds. The highest BCUT2D eigenvalue weighted by Gasteiger charge is 2.66. The maximum atomic E-state index is 14.8. The minimum absolute atomic E-state index is 0.0197. The van der Waals surface area contributed by atoms with Crippen LogP contribution in [-0.4, -0.2) is 51.4 Å². The van der Waals surface area contributed by atoms with Crippen LogP contribution in [0.1, 0.15) is 37.3 Å². The number of aliphatic hydroxyl groups excluding tert-OH is 1. The first kappa shape index (κ1) is 28.6. The average molecular weight is 585 g/mol. The van der Waals surface area contributed by atoms with Crippen LogP contribution >= 0.6 is 0 Å². The van der Waals surface area contributed by atoms with Gasteiger partial charge < -0.3 is 24.4 Å². The van der Waals surface area contributed by atoms with Gasteiger partial charge in [-0.05, 0) is 54.3 Å². The van der Waals surface area contributed by atoms with Crippen molar-refractivity contribution in [2.75, 3.05) is 30.1 Å². The second-order valence-electron chi connectivity index (χ2n) is 12.4. The fourth-order valence-electron chi connectivity index (χ4n) is 7.71. The molecule has 1 N–H and O–H groups in total. The molecule has 1 spiro atoms. The number of carbonyl (C=O) groups excluding carboxylic acids is 2. The average Bonchev–Trinajstić information content (AvgIpc) is 3.63. The van der Waals surface area contributed by atoms with Crippen molar-refractivity contribution >= 4 is 36.4 Å². The van der Waals surface area contributed by atoms with Crippen LogP contribution in [0.15, 0.2) is 72.8 Å². The number of rotatable bonds is 8. The Morgan fingerprint density at radius 2 is 1.79 bits per heavy atom. The van der Waals surface area contributed by atoms with Crippen LogP contribution in [0.25, 0.3) is 0 Å². The number of benzene rings is 3. The van der Waals surface area contributed by atoms with Gasteiger partial charge >= 0.3 is 0 Å². The van der Waals surface area contributed by atoms with Gasteiger partial charge in [0.25, 0.3) is 5.91 Å². The number of carbonyl (C=O) groups is 2. The van der Waals surface area contributed by atoms with Crippen LogP contribution in [-0.2, 0) is 26.5 Å². The lowest BCUT2D eigenvalue weighted by molar-refractivity contribution is -0.146. The standard InChI is InChI=1S/C34H40N2O5Si/c1-23-32(42(3,4)27-15-13-26(40-2)14-16-27)30(18-20-37)41-34(23)28-21-25(35-19-8-11-31(35)38)12-17-29(28)36(33(34)39)22-24-9-6-5-7-10-24/h5-7,9-10,12-17,21,23,30,32,37H,8,11,18-20,22H2,1-4H3/t23-,30+,32-,34+/m0/s1. The molecule has 0 unspecified atom stereocenters. The fourth-order valence-corrected chi connectivity index (χ4v) is 11.8. The van der Waals surface area contributed by atoms with E-state index in [9.17, 15) is 14.7 Å². The molecule has 0 saturated carbocycles. The lowest BCUT2D eigenvalue weighted by atomic mass is 9.82. The van der Waals surface area contributed by atoms with E-state index < -0.39 is 13.7 Å². The fraction of sp³-hybridized carbons (Fsp3) is 0.412. The predicted octanol–water partition coefficient (Wildman–Crippen LogP) is 4.97. The van der Waals surface area contributed by atoms with E-state index in [0.29, 0.717) is 25.9 Å². The van der Waals surface area contributed by atoms with Gasteiger partial charge in [-0.2, -0.15) is 0 Å². The first-order valence-corrected chi connectivity index (χ1v) is 18.0. The van der Waals surface area contributed by atoms with Crippen LogP contribution in [0.2, 0.25) is 18.6 Å². The highest BCUT2D eigenvalue weighted by Crippen LogP contribution is 2.60. The molecule has 3 aromatic rings. The number of methoxy groups -OCH3 is 1. The molecule has 0 aromatic heterocycles. The number of anilines is 2. The third-order valence-corrected chi connectivity index (χ3v) is 14.2. The van der Waals surface area contributed by atoms with Gasteiger partial charge in [-0.3, -0.25) is 9.59 Å². The zero-order chi connectivity index (χ0) is 29.6. The first-order chi connectivity index (χ1) is 20.2. The van der Waals surface area contributed by atoms with Crippen molar-refractivity contribution in [3.8, 4) is 5.75 Å². The Hall–Kier alpha value is -3.46. The molecule has 6 rings (SSSR count). The summed E-state index contributed by atoms with van der Waals surface area (Å²) in [4.78, 5) is 31.2. The smallest absolute Gasteiger partial charge is 0.264 e. The molecule has 3 aromatic carbocycles. The minimum atomic E-state index is -2.26. The normalized spacial score (nSPS) is 25.5. The quantitative estimate of drug-likeness (QED) is 0.379. The molecule has 4 atom stereocenters. The summed E-state index contributed by atoms with van der Waals surface area (Å²) in [6.07, 6.45) is 1.53. The van der Waals surface area contributed by atoms with E-state index in [1.807, 2.05) is 70.5 Å². The second kappa shape index (κ2) is 11.0. The Kier molecular flexibility index (Phi) is 7.49. The molecular weight excluding hydrogens is 544 g/mol. The molecule has 0 aliphatic carbocycles. The van der Waals surface area contributed by atoms with E-state index in [1.54, 1.807) is 7.11 Å². The van der Waals surface area contributed by atoms with E-state index in [0.717, 1.165) is 34.7 Å². The summed E-state index contributed by atoms with van der Waals surface area (Å²) in [5.41, 5.74) is 2.37. The number of fused-ring (bicyclic) bond motifs is 2. The molecular formula is C34H40N2O5Si. The molecule has 2 fully saturated rings.